The number of anilines is 1. The van der Waals surface area contributed by atoms with Gasteiger partial charge in [-0.25, -0.2) is 9.97 Å². The van der Waals surface area contributed by atoms with Crippen LogP contribution in [-0.4, -0.2) is 74.3 Å². The molecule has 3 heterocycles. The summed E-state index contributed by atoms with van der Waals surface area (Å²) in [4.78, 5) is 9.46. The Morgan fingerprint density at radius 2 is 1.97 bits per heavy atom. The summed E-state index contributed by atoms with van der Waals surface area (Å²) in [6.07, 6.45) is -4.05. The average molecular weight is 463 g/mol. The highest BCUT2D eigenvalue weighted by atomic mass is 35.5. The molecule has 0 unspecified atom stereocenters. The molecule has 0 aromatic carbocycles. The monoisotopic (exact) mass is 462 g/mol. The van der Waals surface area contributed by atoms with E-state index in [-0.39, 0.29) is 19.0 Å². The fraction of sp³-hybridized carbons (Fsp3) is 0.611. The molecule has 1 fully saturated rings. The SMILES string of the molecule is Cc1ncc(C[n+]2csc(CCO[C@H]3O[C@H](CO)[C@@H](O)[C@H](O)[C@H]3O)c2C)c(N)n1.[Cl-]. The van der Waals surface area contributed by atoms with Crippen molar-refractivity contribution in [3.05, 3.63) is 33.7 Å². The molecule has 5 atom stereocenters. The van der Waals surface area contributed by atoms with Gasteiger partial charge in [0.1, 0.15) is 36.1 Å². The number of halogens is 1. The molecule has 3 rings (SSSR count). The standard InChI is InChI=1S/C18H27N4O6S.ClH/c1-9-13(29-8-22(9)6-11-5-20-10(2)21-17(11)19)3-4-27-18-16(26)15(25)14(24)12(7-23)28-18;/h5,8,12,14-16,18,23-26H,3-4,6-7H2,1-2H3,(H2,19,20,21);1H/q+1;/p-1/t12-,14-,15+,16-,18+;/m1./s1. The molecule has 10 nitrogen and oxygen atoms in total. The van der Waals surface area contributed by atoms with Crippen LogP contribution in [0.15, 0.2) is 11.7 Å². The molecule has 1 saturated heterocycles. The molecule has 30 heavy (non-hydrogen) atoms. The summed E-state index contributed by atoms with van der Waals surface area (Å²) in [5, 5.41) is 38.9. The third-order valence-corrected chi connectivity index (χ3v) is 6.12. The van der Waals surface area contributed by atoms with Gasteiger partial charge >= 0.3 is 0 Å². The lowest BCUT2D eigenvalue weighted by Crippen LogP contribution is -3.00. The fourth-order valence-electron chi connectivity index (χ4n) is 3.14. The van der Waals surface area contributed by atoms with Gasteiger partial charge in [-0.05, 0) is 6.92 Å². The summed E-state index contributed by atoms with van der Waals surface area (Å²) >= 11 is 1.57. The molecule has 0 saturated carbocycles. The number of nitrogen functional groups attached to an aromatic ring is 1. The zero-order valence-corrected chi connectivity index (χ0v) is 18.3. The van der Waals surface area contributed by atoms with E-state index in [4.69, 9.17) is 15.2 Å². The van der Waals surface area contributed by atoms with Gasteiger partial charge in [0.2, 0.25) is 5.51 Å². The normalized spacial score (nSPS) is 26.4. The number of thiazole rings is 1. The van der Waals surface area contributed by atoms with Crippen molar-refractivity contribution in [1.82, 2.24) is 9.97 Å². The van der Waals surface area contributed by atoms with Gasteiger partial charge in [0.05, 0.1) is 23.7 Å². The first-order valence-electron chi connectivity index (χ1n) is 9.28. The highest BCUT2D eigenvalue weighted by molar-refractivity contribution is 7.09. The lowest BCUT2D eigenvalue weighted by Gasteiger charge is -2.39. The first-order chi connectivity index (χ1) is 13.8. The van der Waals surface area contributed by atoms with Gasteiger partial charge in [-0.2, -0.15) is 4.57 Å². The lowest BCUT2D eigenvalue weighted by atomic mass is 9.99. The van der Waals surface area contributed by atoms with Crippen molar-refractivity contribution < 1.29 is 46.9 Å². The van der Waals surface area contributed by atoms with Crippen LogP contribution in [0.3, 0.4) is 0 Å². The Morgan fingerprint density at radius 3 is 2.63 bits per heavy atom. The molecule has 0 radical (unpaired) electrons. The number of aliphatic hydroxyl groups is 4. The van der Waals surface area contributed by atoms with Crippen molar-refractivity contribution in [3.8, 4) is 0 Å². The van der Waals surface area contributed by atoms with E-state index in [9.17, 15) is 20.4 Å². The average Bonchev–Trinajstić information content (AvgIpc) is 3.03. The lowest BCUT2D eigenvalue weighted by molar-refractivity contribution is -0.689. The van der Waals surface area contributed by atoms with E-state index >= 15 is 0 Å². The number of ether oxygens (including phenoxy) is 2. The summed E-state index contributed by atoms with van der Waals surface area (Å²) in [7, 11) is 0. The van der Waals surface area contributed by atoms with Crippen LogP contribution in [0.25, 0.3) is 0 Å². The van der Waals surface area contributed by atoms with E-state index < -0.39 is 37.3 Å². The number of rotatable bonds is 7. The highest BCUT2D eigenvalue weighted by Gasteiger charge is 2.43. The summed E-state index contributed by atoms with van der Waals surface area (Å²) in [6, 6.07) is 0. The zero-order valence-electron chi connectivity index (χ0n) is 16.7. The smallest absolute Gasteiger partial charge is 0.225 e. The molecule has 0 bridgehead atoms. The molecule has 168 valence electrons. The second kappa shape index (κ2) is 10.7. The van der Waals surface area contributed by atoms with Crippen LogP contribution in [0.2, 0.25) is 0 Å². The Bertz CT molecular complexity index is 839. The Balaban J connectivity index is 0.00000320. The Kier molecular flexibility index (Phi) is 8.88. The largest absolute Gasteiger partial charge is 1.00 e. The summed E-state index contributed by atoms with van der Waals surface area (Å²) in [5.41, 5.74) is 9.84. The molecule has 6 N–H and O–H groups in total. The number of aliphatic hydroxyl groups excluding tert-OH is 4. The Hall–Kier alpha value is -1.44. The molecule has 2 aromatic heterocycles. The Labute approximate surface area is 184 Å². The fourth-order valence-corrected chi connectivity index (χ4v) is 4.11. The predicted octanol–water partition coefficient (Wildman–Crippen LogP) is -4.56. The quantitative estimate of drug-likeness (QED) is 0.256. The molecule has 2 aromatic rings. The highest BCUT2D eigenvalue weighted by Crippen LogP contribution is 2.22. The molecule has 12 heteroatoms. The maximum atomic E-state index is 10.0. The maximum Gasteiger partial charge on any atom is 0.225 e. The van der Waals surface area contributed by atoms with Gasteiger partial charge in [0.25, 0.3) is 0 Å². The molecule has 1 aliphatic heterocycles. The van der Waals surface area contributed by atoms with Crippen LogP contribution in [-0.2, 0) is 22.4 Å². The van der Waals surface area contributed by atoms with Crippen molar-refractivity contribution in [2.24, 2.45) is 0 Å². The van der Waals surface area contributed by atoms with Crippen LogP contribution in [0.1, 0.15) is 22.0 Å². The van der Waals surface area contributed by atoms with Crippen LogP contribution < -0.4 is 22.7 Å². The first-order valence-corrected chi connectivity index (χ1v) is 10.2. The van der Waals surface area contributed by atoms with E-state index in [1.165, 1.54) is 0 Å². The van der Waals surface area contributed by atoms with E-state index in [1.54, 1.807) is 24.5 Å². The number of nitrogens with two attached hydrogens (primary N) is 1. The van der Waals surface area contributed by atoms with E-state index in [2.05, 4.69) is 14.5 Å². The summed E-state index contributed by atoms with van der Waals surface area (Å²) < 4.78 is 13.0. The van der Waals surface area contributed by atoms with Gasteiger partial charge in [0.15, 0.2) is 18.5 Å². The Morgan fingerprint density at radius 1 is 1.23 bits per heavy atom. The van der Waals surface area contributed by atoms with Gasteiger partial charge in [-0.3, -0.25) is 0 Å². The minimum Gasteiger partial charge on any atom is -1.00 e. The van der Waals surface area contributed by atoms with Crippen molar-refractivity contribution >= 4 is 17.2 Å². The van der Waals surface area contributed by atoms with Crippen molar-refractivity contribution in [2.75, 3.05) is 18.9 Å². The minimum atomic E-state index is -1.45. The molecular formula is C18H27ClN4O6S. The third kappa shape index (κ3) is 5.42. The number of hydrogen-bond acceptors (Lipinski definition) is 10. The van der Waals surface area contributed by atoms with Crippen LogP contribution in [0.5, 0.6) is 0 Å². The van der Waals surface area contributed by atoms with Crippen molar-refractivity contribution in [1.29, 1.82) is 0 Å². The van der Waals surface area contributed by atoms with Crippen LogP contribution >= 0.6 is 11.3 Å². The number of hydrogen-bond donors (Lipinski definition) is 5. The van der Waals surface area contributed by atoms with Gasteiger partial charge in [-0.15, -0.1) is 0 Å². The van der Waals surface area contributed by atoms with E-state index in [1.807, 2.05) is 12.4 Å². The van der Waals surface area contributed by atoms with Crippen LogP contribution in [0, 0.1) is 13.8 Å². The van der Waals surface area contributed by atoms with Gasteiger partial charge in [0, 0.05) is 19.5 Å². The second-order valence-corrected chi connectivity index (χ2v) is 7.94. The second-order valence-electron chi connectivity index (χ2n) is 7.01. The number of nitrogens with zero attached hydrogens (tertiary/aromatic N) is 3. The van der Waals surface area contributed by atoms with Gasteiger partial charge in [-0.1, -0.05) is 11.3 Å². The van der Waals surface area contributed by atoms with Gasteiger partial charge < -0.3 is 48.0 Å². The third-order valence-electron chi connectivity index (χ3n) is 4.98. The first kappa shape index (κ1) is 24.8. The number of aromatic nitrogens is 3. The maximum absolute atomic E-state index is 10.0. The predicted molar refractivity (Wildman–Crippen MR) is 103 cm³/mol. The van der Waals surface area contributed by atoms with Crippen LogP contribution in [0.4, 0.5) is 5.82 Å². The summed E-state index contributed by atoms with van der Waals surface area (Å²) in [5.74, 6) is 1.09. The van der Waals surface area contributed by atoms with E-state index in [0.717, 1.165) is 16.1 Å². The molecule has 0 amide bonds. The topological polar surface area (TPSA) is 155 Å². The molecule has 0 spiro atoms. The molecular weight excluding hydrogens is 436 g/mol. The minimum absolute atomic E-state index is 0. The molecule has 0 aliphatic carbocycles. The van der Waals surface area contributed by atoms with Crippen molar-refractivity contribution in [2.45, 2.75) is 57.5 Å². The van der Waals surface area contributed by atoms with Crippen molar-refractivity contribution in [3.63, 3.8) is 0 Å². The zero-order chi connectivity index (χ0) is 21.1. The summed E-state index contributed by atoms with van der Waals surface area (Å²) in [6.45, 7) is 4.09. The molecule has 1 aliphatic rings. The van der Waals surface area contributed by atoms with E-state index in [0.29, 0.717) is 24.6 Å². The number of aryl methyl sites for hydroxylation is 1.